The van der Waals surface area contributed by atoms with Gasteiger partial charge in [-0.2, -0.15) is 0 Å². The second kappa shape index (κ2) is 22.6. The third-order valence-corrected chi connectivity index (χ3v) is 5.44. The van der Waals surface area contributed by atoms with Gasteiger partial charge in [0.15, 0.2) is 0 Å². The van der Waals surface area contributed by atoms with Gasteiger partial charge in [-0.15, -0.1) is 0 Å². The van der Waals surface area contributed by atoms with E-state index in [-0.39, 0.29) is 17.7 Å². The fraction of sp³-hybridized carbons (Fsp3) is 0.870. The van der Waals surface area contributed by atoms with E-state index in [1.165, 1.54) is 0 Å². The van der Waals surface area contributed by atoms with Crippen molar-refractivity contribution in [1.29, 1.82) is 0 Å². The zero-order chi connectivity index (χ0) is 26.3. The number of unbranched alkanes of at least 4 members (excludes halogenated alkanes) is 3. The Morgan fingerprint density at radius 1 is 0.686 bits per heavy atom. The van der Waals surface area contributed by atoms with Gasteiger partial charge in [0.25, 0.3) is 0 Å². The van der Waals surface area contributed by atoms with E-state index in [9.17, 15) is 14.4 Å². The minimum Gasteiger partial charge on any atom is -0.382 e. The van der Waals surface area contributed by atoms with Crippen LogP contribution in [0.5, 0.6) is 0 Å². The normalized spacial score (nSPS) is 13.6. The van der Waals surface area contributed by atoms with E-state index in [2.05, 4.69) is 16.0 Å². The molecule has 11 N–H and O–H groups in total. The van der Waals surface area contributed by atoms with Gasteiger partial charge in [0, 0.05) is 20.2 Å². The number of hydrogen-bond donors (Lipinski definition) is 7. The van der Waals surface area contributed by atoms with E-state index in [4.69, 9.17) is 32.4 Å². The summed E-state index contributed by atoms with van der Waals surface area (Å²) in [5, 5.41) is 8.37. The average Bonchev–Trinajstić information content (AvgIpc) is 2.84. The molecule has 0 aliphatic rings. The van der Waals surface area contributed by atoms with Crippen LogP contribution in [0.4, 0.5) is 0 Å². The van der Waals surface area contributed by atoms with Crippen molar-refractivity contribution in [2.75, 3.05) is 53.1 Å². The molecule has 0 aromatic heterocycles. The minimum absolute atomic E-state index is 0.193. The summed E-state index contributed by atoms with van der Waals surface area (Å²) in [6.45, 7) is 3.13. The van der Waals surface area contributed by atoms with Crippen LogP contribution in [0.25, 0.3) is 0 Å². The highest BCUT2D eigenvalue weighted by Crippen LogP contribution is 2.05. The first kappa shape index (κ1) is 33.2. The Balaban J connectivity index is 4.54. The van der Waals surface area contributed by atoms with E-state index in [1.807, 2.05) is 0 Å². The molecule has 0 saturated carbocycles. The molecule has 0 bridgehead atoms. The molecular formula is C23H49N7O5. The summed E-state index contributed by atoms with van der Waals surface area (Å²) >= 11 is 0. The molecule has 0 aromatic rings. The molecule has 3 atom stereocenters. The molecule has 3 amide bonds. The van der Waals surface area contributed by atoms with E-state index in [0.717, 1.165) is 25.7 Å². The van der Waals surface area contributed by atoms with Crippen molar-refractivity contribution in [3.05, 3.63) is 0 Å². The number of nitrogens with one attached hydrogen (secondary N) is 3. The van der Waals surface area contributed by atoms with E-state index >= 15 is 0 Å². The van der Waals surface area contributed by atoms with Crippen molar-refractivity contribution in [2.45, 2.75) is 75.9 Å². The third kappa shape index (κ3) is 18.1. The van der Waals surface area contributed by atoms with Gasteiger partial charge in [0.2, 0.25) is 17.7 Å². The van der Waals surface area contributed by atoms with Crippen molar-refractivity contribution < 1.29 is 23.9 Å². The second-order valence-electron chi connectivity index (χ2n) is 8.53. The summed E-state index contributed by atoms with van der Waals surface area (Å²) in [7, 11) is 1.59. The first-order chi connectivity index (χ1) is 16.9. The first-order valence-electron chi connectivity index (χ1n) is 12.7. The smallest absolute Gasteiger partial charge is 0.242 e. The van der Waals surface area contributed by atoms with Crippen LogP contribution in [0, 0.1) is 0 Å². The number of nitrogens with two attached hydrogens (primary N) is 4. The zero-order valence-electron chi connectivity index (χ0n) is 21.4. The van der Waals surface area contributed by atoms with Gasteiger partial charge in [-0.1, -0.05) is 12.8 Å². The predicted octanol–water partition coefficient (Wildman–Crippen LogP) is -1.55. The second-order valence-corrected chi connectivity index (χ2v) is 8.53. The van der Waals surface area contributed by atoms with Gasteiger partial charge in [0.1, 0.15) is 6.04 Å². The molecule has 3 unspecified atom stereocenters. The van der Waals surface area contributed by atoms with Crippen molar-refractivity contribution in [3.8, 4) is 0 Å². The Morgan fingerprint density at radius 3 is 1.86 bits per heavy atom. The maximum Gasteiger partial charge on any atom is 0.242 e. The summed E-state index contributed by atoms with van der Waals surface area (Å²) in [6.07, 6.45) is 5.96. The molecule has 0 aliphatic heterocycles. The van der Waals surface area contributed by atoms with Crippen LogP contribution in [0.15, 0.2) is 0 Å². The maximum absolute atomic E-state index is 12.7. The Kier molecular flexibility index (Phi) is 21.4. The third-order valence-electron chi connectivity index (χ3n) is 5.44. The molecule has 0 spiro atoms. The van der Waals surface area contributed by atoms with E-state index < -0.39 is 18.1 Å². The fourth-order valence-electron chi connectivity index (χ4n) is 3.26. The fourth-order valence-corrected chi connectivity index (χ4v) is 3.26. The summed E-state index contributed by atoms with van der Waals surface area (Å²) in [4.78, 5) is 37.2. The number of carbonyl (C=O) groups excluding carboxylic acids is 3. The van der Waals surface area contributed by atoms with Crippen LogP contribution >= 0.6 is 0 Å². The number of amides is 3. The number of methoxy groups -OCH3 is 1. The van der Waals surface area contributed by atoms with Crippen LogP contribution in [0.3, 0.4) is 0 Å². The topological polar surface area (TPSA) is 210 Å². The standard InChI is InChI=1S/C23H49N7O5/c1-34-16-17-35-15-14-29-23(33)20(30-22(32)19(27)9-3-6-12-25)10-4-7-13-28-21(31)18(26)8-2-5-11-24/h18-20H,2-17,24-27H2,1H3,(H,28,31)(H,29,33)(H,30,32). The highest BCUT2D eigenvalue weighted by atomic mass is 16.5. The molecule has 206 valence electrons. The molecule has 0 aliphatic carbocycles. The van der Waals surface area contributed by atoms with Gasteiger partial charge < -0.3 is 48.4 Å². The van der Waals surface area contributed by atoms with Crippen molar-refractivity contribution in [1.82, 2.24) is 16.0 Å². The van der Waals surface area contributed by atoms with Crippen molar-refractivity contribution in [2.24, 2.45) is 22.9 Å². The lowest BCUT2D eigenvalue weighted by Gasteiger charge is -2.21. The van der Waals surface area contributed by atoms with Gasteiger partial charge in [-0.3, -0.25) is 14.4 Å². The average molecular weight is 504 g/mol. The lowest BCUT2D eigenvalue weighted by atomic mass is 10.1. The van der Waals surface area contributed by atoms with E-state index in [1.54, 1.807) is 7.11 Å². The van der Waals surface area contributed by atoms with Gasteiger partial charge in [-0.05, 0) is 58.0 Å². The zero-order valence-corrected chi connectivity index (χ0v) is 21.4. The molecule has 0 heterocycles. The lowest BCUT2D eigenvalue weighted by molar-refractivity contribution is -0.130. The van der Waals surface area contributed by atoms with Gasteiger partial charge in [0.05, 0.1) is 31.9 Å². The van der Waals surface area contributed by atoms with Crippen LogP contribution in [0.1, 0.15) is 57.8 Å². The molecule has 35 heavy (non-hydrogen) atoms. The Labute approximate surface area is 209 Å². The Morgan fingerprint density at radius 2 is 1.26 bits per heavy atom. The first-order valence-corrected chi connectivity index (χ1v) is 12.7. The lowest BCUT2D eigenvalue weighted by Crippen LogP contribution is -2.52. The molecule has 12 nitrogen and oxygen atoms in total. The van der Waals surface area contributed by atoms with Crippen LogP contribution in [0.2, 0.25) is 0 Å². The minimum atomic E-state index is -0.726. The molecule has 0 fully saturated rings. The van der Waals surface area contributed by atoms with E-state index in [0.29, 0.717) is 78.1 Å². The molecular weight excluding hydrogens is 454 g/mol. The van der Waals surface area contributed by atoms with Crippen LogP contribution in [-0.4, -0.2) is 89.0 Å². The van der Waals surface area contributed by atoms with Crippen molar-refractivity contribution in [3.63, 3.8) is 0 Å². The number of hydrogen-bond acceptors (Lipinski definition) is 9. The molecule has 0 radical (unpaired) electrons. The quantitative estimate of drug-likeness (QED) is 0.0803. The molecule has 12 heteroatoms. The van der Waals surface area contributed by atoms with Crippen LogP contribution < -0.4 is 38.9 Å². The largest absolute Gasteiger partial charge is 0.382 e. The summed E-state index contributed by atoms with van der Waals surface area (Å²) in [5.74, 6) is -0.856. The molecule has 0 saturated heterocycles. The molecule has 0 rings (SSSR count). The number of rotatable bonds is 23. The maximum atomic E-state index is 12.7. The highest BCUT2D eigenvalue weighted by Gasteiger charge is 2.23. The monoisotopic (exact) mass is 503 g/mol. The number of carbonyl (C=O) groups is 3. The van der Waals surface area contributed by atoms with Crippen molar-refractivity contribution >= 4 is 17.7 Å². The SMILES string of the molecule is COCCOCCNC(=O)C(CCCCNC(=O)C(N)CCCCN)NC(=O)C(N)CCCCN. The summed E-state index contributed by atoms with van der Waals surface area (Å²) in [5.41, 5.74) is 22.8. The summed E-state index contributed by atoms with van der Waals surface area (Å²) < 4.78 is 10.3. The number of ether oxygens (including phenoxy) is 2. The highest BCUT2D eigenvalue weighted by molar-refractivity contribution is 5.89. The Bertz CT molecular complexity index is 568. The molecule has 0 aromatic carbocycles. The van der Waals surface area contributed by atoms with Crippen LogP contribution in [-0.2, 0) is 23.9 Å². The summed E-state index contributed by atoms with van der Waals surface area (Å²) in [6, 6.07) is -1.98. The Hall–Kier alpha value is -1.83. The van der Waals surface area contributed by atoms with Gasteiger partial charge >= 0.3 is 0 Å². The predicted molar refractivity (Wildman–Crippen MR) is 136 cm³/mol. The van der Waals surface area contributed by atoms with Gasteiger partial charge in [-0.25, -0.2) is 0 Å².